The van der Waals surface area contributed by atoms with Crippen molar-refractivity contribution in [2.45, 2.75) is 19.3 Å². The molecule has 142 valence electrons. The zero-order valence-electron chi connectivity index (χ0n) is 15.2. The summed E-state index contributed by atoms with van der Waals surface area (Å²) in [5.41, 5.74) is 2.98. The van der Waals surface area contributed by atoms with Crippen LogP contribution in [0.15, 0.2) is 30.7 Å². The maximum atomic E-state index is 12.6. The first kappa shape index (κ1) is 16.8. The predicted molar refractivity (Wildman–Crippen MR) is 100 cm³/mol. The largest absolute Gasteiger partial charge is 0.338 e. The SMILES string of the molecule is O=C1CCc2cc(/C=C/C(=O)N3C[C@@H]4CC(n5cnnn5)=C[C@@H]4C3)cnc2N1. The van der Waals surface area contributed by atoms with E-state index < -0.39 is 0 Å². The molecular weight excluding hydrogens is 358 g/mol. The molecule has 2 aromatic rings. The van der Waals surface area contributed by atoms with Crippen molar-refractivity contribution in [1.29, 1.82) is 0 Å². The average Bonchev–Trinajstić information content (AvgIpc) is 3.41. The third kappa shape index (κ3) is 3.08. The molecule has 0 unspecified atom stereocenters. The number of nitrogens with zero attached hydrogens (tertiary/aromatic N) is 6. The molecule has 1 N–H and O–H groups in total. The van der Waals surface area contributed by atoms with Crippen LogP contribution in [0, 0.1) is 11.8 Å². The van der Waals surface area contributed by atoms with Crippen LogP contribution in [0.5, 0.6) is 0 Å². The Morgan fingerprint density at radius 2 is 2.21 bits per heavy atom. The van der Waals surface area contributed by atoms with Crippen molar-refractivity contribution in [1.82, 2.24) is 30.1 Å². The van der Waals surface area contributed by atoms with Gasteiger partial charge in [0.05, 0.1) is 0 Å². The third-order valence-electron chi connectivity index (χ3n) is 5.61. The smallest absolute Gasteiger partial charge is 0.246 e. The molecule has 5 rings (SSSR count). The maximum absolute atomic E-state index is 12.6. The van der Waals surface area contributed by atoms with Crippen LogP contribution in [0.3, 0.4) is 0 Å². The Labute approximate surface area is 161 Å². The highest BCUT2D eigenvalue weighted by Crippen LogP contribution is 2.38. The number of carbonyl (C=O) groups is 2. The van der Waals surface area contributed by atoms with E-state index in [0.717, 1.165) is 29.8 Å². The van der Waals surface area contributed by atoms with Gasteiger partial charge in [-0.2, -0.15) is 0 Å². The van der Waals surface area contributed by atoms with Crippen molar-refractivity contribution in [3.8, 4) is 0 Å². The van der Waals surface area contributed by atoms with Crippen molar-refractivity contribution < 1.29 is 9.59 Å². The molecule has 0 saturated carbocycles. The standard InChI is InChI=1S/C19H19N7O2/c27-17-3-2-13-5-12(8-20-19(13)22-17)1-4-18(28)25-9-14-6-16(7-15(14)10-25)26-11-21-23-24-26/h1,4-6,8,11,14-15H,2-3,7,9-10H2,(H,20,22,27)/b4-1+/t14-,15+/m1/s1. The van der Waals surface area contributed by atoms with Crippen LogP contribution < -0.4 is 5.32 Å². The molecule has 0 spiro atoms. The summed E-state index contributed by atoms with van der Waals surface area (Å²) in [6.45, 7) is 1.46. The van der Waals surface area contributed by atoms with Gasteiger partial charge in [-0.1, -0.05) is 6.08 Å². The summed E-state index contributed by atoms with van der Waals surface area (Å²) in [6.07, 6.45) is 10.9. The summed E-state index contributed by atoms with van der Waals surface area (Å²) >= 11 is 0. The maximum Gasteiger partial charge on any atom is 0.246 e. The second-order valence-electron chi connectivity index (χ2n) is 7.44. The minimum Gasteiger partial charge on any atom is -0.338 e. The van der Waals surface area contributed by atoms with E-state index in [2.05, 4.69) is 31.9 Å². The minimum atomic E-state index is -0.00431. The van der Waals surface area contributed by atoms with E-state index in [4.69, 9.17) is 0 Å². The van der Waals surface area contributed by atoms with Crippen molar-refractivity contribution in [3.63, 3.8) is 0 Å². The van der Waals surface area contributed by atoms with Crippen LogP contribution in [0.1, 0.15) is 24.0 Å². The Hall–Kier alpha value is -3.36. The van der Waals surface area contributed by atoms with Crippen molar-refractivity contribution >= 4 is 29.4 Å². The quantitative estimate of drug-likeness (QED) is 0.800. The number of pyridine rings is 1. The van der Waals surface area contributed by atoms with Gasteiger partial charge in [0.1, 0.15) is 12.1 Å². The molecule has 1 aliphatic carbocycles. The highest BCUT2D eigenvalue weighted by atomic mass is 16.2. The number of aromatic nitrogens is 5. The molecule has 2 aromatic heterocycles. The fourth-order valence-electron chi connectivity index (χ4n) is 4.17. The second kappa shape index (κ2) is 6.66. The van der Waals surface area contributed by atoms with Gasteiger partial charge in [-0.15, -0.1) is 5.10 Å². The Balaban J connectivity index is 1.23. The van der Waals surface area contributed by atoms with E-state index in [0.29, 0.717) is 37.0 Å². The number of hydrogen-bond donors (Lipinski definition) is 1. The Bertz CT molecular complexity index is 996. The van der Waals surface area contributed by atoms with Crippen LogP contribution in [0.4, 0.5) is 5.82 Å². The number of aryl methyl sites for hydroxylation is 1. The van der Waals surface area contributed by atoms with E-state index in [-0.39, 0.29) is 11.8 Å². The van der Waals surface area contributed by atoms with Crippen LogP contribution in [-0.2, 0) is 16.0 Å². The lowest BCUT2D eigenvalue weighted by atomic mass is 10.0. The van der Waals surface area contributed by atoms with E-state index in [1.165, 1.54) is 0 Å². The van der Waals surface area contributed by atoms with Gasteiger partial charge >= 0.3 is 0 Å². The number of rotatable bonds is 3. The molecule has 4 heterocycles. The van der Waals surface area contributed by atoms with Crippen molar-refractivity contribution in [2.75, 3.05) is 18.4 Å². The fraction of sp³-hybridized carbons (Fsp3) is 0.368. The summed E-state index contributed by atoms with van der Waals surface area (Å²) in [4.78, 5) is 30.2. The number of allylic oxidation sites excluding steroid dienone is 1. The average molecular weight is 377 g/mol. The highest BCUT2D eigenvalue weighted by Gasteiger charge is 2.38. The van der Waals surface area contributed by atoms with E-state index in [1.807, 2.05) is 11.0 Å². The molecule has 9 nitrogen and oxygen atoms in total. The van der Waals surface area contributed by atoms with Gasteiger partial charge in [0.25, 0.3) is 0 Å². The zero-order valence-corrected chi connectivity index (χ0v) is 15.2. The summed E-state index contributed by atoms with van der Waals surface area (Å²) in [5.74, 6) is 1.40. The topological polar surface area (TPSA) is 106 Å². The molecule has 0 radical (unpaired) electrons. The fourth-order valence-corrected chi connectivity index (χ4v) is 4.17. The Morgan fingerprint density at radius 3 is 3.04 bits per heavy atom. The van der Waals surface area contributed by atoms with Crippen molar-refractivity contribution in [3.05, 3.63) is 41.9 Å². The summed E-state index contributed by atoms with van der Waals surface area (Å²) in [6, 6.07) is 1.98. The number of carbonyl (C=O) groups excluding carboxylic acids is 2. The molecule has 1 fully saturated rings. The first-order chi connectivity index (χ1) is 13.7. The minimum absolute atomic E-state index is 0.00431. The highest BCUT2D eigenvalue weighted by molar-refractivity contribution is 5.94. The number of tetrazole rings is 1. The van der Waals surface area contributed by atoms with Gasteiger partial charge in [-0.3, -0.25) is 9.59 Å². The van der Waals surface area contributed by atoms with Crippen LogP contribution in [0.25, 0.3) is 11.8 Å². The molecule has 1 saturated heterocycles. The molecule has 2 atom stereocenters. The number of anilines is 1. The number of likely N-dealkylation sites (tertiary alicyclic amines) is 1. The van der Waals surface area contributed by atoms with E-state index in [9.17, 15) is 9.59 Å². The second-order valence-corrected chi connectivity index (χ2v) is 7.44. The molecule has 0 bridgehead atoms. The van der Waals surface area contributed by atoms with Gasteiger partial charge in [0.2, 0.25) is 11.8 Å². The molecule has 0 aromatic carbocycles. The van der Waals surface area contributed by atoms with Gasteiger partial charge in [0, 0.05) is 43.4 Å². The van der Waals surface area contributed by atoms with Crippen LogP contribution >= 0.6 is 0 Å². The number of nitrogens with one attached hydrogen (secondary N) is 1. The zero-order chi connectivity index (χ0) is 19.1. The van der Waals surface area contributed by atoms with Gasteiger partial charge in [-0.05, 0) is 52.5 Å². The van der Waals surface area contributed by atoms with Gasteiger partial charge in [0.15, 0.2) is 0 Å². The molecule has 28 heavy (non-hydrogen) atoms. The Kier molecular flexibility index (Phi) is 4.00. The molecule has 3 aliphatic rings. The normalized spacial score (nSPS) is 23.5. The van der Waals surface area contributed by atoms with E-state index in [1.54, 1.807) is 29.4 Å². The van der Waals surface area contributed by atoms with E-state index >= 15 is 0 Å². The van der Waals surface area contributed by atoms with Crippen LogP contribution in [0.2, 0.25) is 0 Å². The number of fused-ring (bicyclic) bond motifs is 2. The monoisotopic (exact) mass is 377 g/mol. The predicted octanol–water partition coefficient (Wildman–Crippen LogP) is 0.985. The lowest BCUT2D eigenvalue weighted by Gasteiger charge is -2.16. The lowest BCUT2D eigenvalue weighted by molar-refractivity contribution is -0.125. The Morgan fingerprint density at radius 1 is 1.29 bits per heavy atom. The lowest BCUT2D eigenvalue weighted by Crippen LogP contribution is -2.27. The summed E-state index contributed by atoms with van der Waals surface area (Å²) in [5, 5.41) is 14.1. The number of amides is 2. The molecule has 2 aliphatic heterocycles. The molecular formula is C19H19N7O2. The first-order valence-electron chi connectivity index (χ1n) is 9.35. The third-order valence-corrected chi connectivity index (χ3v) is 5.61. The molecule has 2 amide bonds. The van der Waals surface area contributed by atoms with Gasteiger partial charge < -0.3 is 10.2 Å². The summed E-state index contributed by atoms with van der Waals surface area (Å²) in [7, 11) is 0. The van der Waals surface area contributed by atoms with Gasteiger partial charge in [-0.25, -0.2) is 9.67 Å². The molecule has 9 heteroatoms. The van der Waals surface area contributed by atoms with Crippen LogP contribution in [-0.4, -0.2) is 55.0 Å². The number of hydrogen-bond acceptors (Lipinski definition) is 6. The van der Waals surface area contributed by atoms with Crippen molar-refractivity contribution in [2.24, 2.45) is 11.8 Å². The first-order valence-corrected chi connectivity index (χ1v) is 9.35. The summed E-state index contributed by atoms with van der Waals surface area (Å²) < 4.78 is 1.70.